The number of pyridine rings is 1. The van der Waals surface area contributed by atoms with Crippen molar-refractivity contribution in [3.63, 3.8) is 0 Å². The minimum atomic E-state index is -4.68. The number of anilines is 1. The number of nitrogens with zero attached hydrogens (tertiary/aromatic N) is 3. The number of rotatable bonds is 8. The van der Waals surface area contributed by atoms with Crippen LogP contribution in [-0.4, -0.2) is 66.2 Å². The first-order chi connectivity index (χ1) is 18.4. The number of amides is 1. The lowest BCUT2D eigenvalue weighted by Gasteiger charge is -2.42. The van der Waals surface area contributed by atoms with E-state index in [4.69, 9.17) is 15.6 Å². The summed E-state index contributed by atoms with van der Waals surface area (Å²) >= 11 is 0. The van der Waals surface area contributed by atoms with E-state index in [0.29, 0.717) is 36.3 Å². The van der Waals surface area contributed by atoms with Gasteiger partial charge in [-0.15, -0.1) is 0 Å². The third kappa shape index (κ3) is 5.56. The predicted octanol–water partition coefficient (Wildman–Crippen LogP) is 5.32. The number of ether oxygens (including phenoxy) is 1. The fraction of sp³-hybridized carbons (Fsp3) is 0.500. The highest BCUT2D eigenvalue weighted by molar-refractivity contribution is 6.03. The third-order valence-corrected chi connectivity index (χ3v) is 8.44. The van der Waals surface area contributed by atoms with Crippen LogP contribution in [0.5, 0.6) is 0 Å². The van der Waals surface area contributed by atoms with Gasteiger partial charge in [-0.3, -0.25) is 20.5 Å². The lowest BCUT2D eigenvalue weighted by atomic mass is 9.75. The molecule has 11 heteroatoms. The number of aromatic nitrogens is 1. The van der Waals surface area contributed by atoms with Crippen LogP contribution in [0.3, 0.4) is 0 Å². The van der Waals surface area contributed by atoms with Gasteiger partial charge in [-0.1, -0.05) is 12.1 Å². The van der Waals surface area contributed by atoms with E-state index >= 15 is 0 Å². The van der Waals surface area contributed by atoms with Crippen molar-refractivity contribution in [2.45, 2.75) is 50.2 Å². The standard InChI is InChI=1S/C28H33F3N6O2.H2/c1-18(37-9-8-26(14-37)6-7-26)19-10-22(35-23(11-19)28(29,30)31)25(38)34-21-5-3-4-20(12-21)27(15-39-16-27)13-24(33)36(2)17-32;/h3-5,10-12,17-18,32-33H,6-9,13-16H2,1-2H3,(H,34,38);1H/t18-;/m1./s1. The smallest absolute Gasteiger partial charge is 0.379 e. The van der Waals surface area contributed by atoms with Crippen molar-refractivity contribution in [3.05, 3.63) is 58.9 Å². The predicted molar refractivity (Wildman–Crippen MR) is 143 cm³/mol. The molecule has 2 saturated heterocycles. The lowest BCUT2D eigenvalue weighted by Crippen LogP contribution is -2.49. The summed E-state index contributed by atoms with van der Waals surface area (Å²) in [7, 11) is 1.63. The highest BCUT2D eigenvalue weighted by atomic mass is 19.4. The SMILES string of the molecule is C[C@H](c1cc(C(=O)Nc2cccc(C3(CC(=N)N(C)C=N)COC3)c2)nc(C(F)(F)F)c1)N1CCC2(CC2)C1.[HH]. The van der Waals surface area contributed by atoms with Crippen molar-refractivity contribution in [3.8, 4) is 0 Å². The molecule has 1 spiro atoms. The second-order valence-corrected chi connectivity index (χ2v) is 11.2. The van der Waals surface area contributed by atoms with Crippen molar-refractivity contribution in [2.75, 3.05) is 38.7 Å². The third-order valence-electron chi connectivity index (χ3n) is 8.44. The molecule has 1 atom stereocenters. The largest absolute Gasteiger partial charge is 0.433 e. The Hall–Kier alpha value is -3.31. The van der Waals surface area contributed by atoms with Gasteiger partial charge >= 0.3 is 6.18 Å². The molecule has 3 heterocycles. The minimum Gasteiger partial charge on any atom is -0.379 e. The number of halogens is 3. The van der Waals surface area contributed by atoms with E-state index in [1.54, 1.807) is 25.2 Å². The van der Waals surface area contributed by atoms with Crippen LogP contribution in [-0.2, 0) is 16.3 Å². The van der Waals surface area contributed by atoms with Crippen LogP contribution in [0.1, 0.15) is 67.4 Å². The number of hydrogen-bond acceptors (Lipinski definition) is 6. The first kappa shape index (κ1) is 27.3. The molecular formula is C28H35F3N6O2. The molecule has 39 heavy (non-hydrogen) atoms. The van der Waals surface area contributed by atoms with Crippen LogP contribution < -0.4 is 5.32 Å². The molecule has 1 aromatic heterocycles. The fourth-order valence-corrected chi connectivity index (χ4v) is 5.51. The maximum atomic E-state index is 13.8. The summed E-state index contributed by atoms with van der Waals surface area (Å²) in [6, 6.07) is 9.31. The molecule has 1 saturated carbocycles. The quantitative estimate of drug-likeness (QED) is 0.308. The minimum absolute atomic E-state index is 0. The Labute approximate surface area is 227 Å². The molecule has 0 unspecified atom stereocenters. The Bertz CT molecular complexity index is 1300. The van der Waals surface area contributed by atoms with Gasteiger partial charge in [0.05, 0.1) is 19.6 Å². The second kappa shape index (κ2) is 10.0. The van der Waals surface area contributed by atoms with E-state index in [-0.39, 0.29) is 19.0 Å². The number of nitrogens with one attached hydrogen (secondary N) is 3. The summed E-state index contributed by atoms with van der Waals surface area (Å²) in [5, 5.41) is 18.4. The monoisotopic (exact) mass is 544 g/mol. The average molecular weight is 545 g/mol. The summed E-state index contributed by atoms with van der Waals surface area (Å²) in [6.45, 7) is 4.35. The molecule has 1 amide bonds. The van der Waals surface area contributed by atoms with Crippen LogP contribution in [0.2, 0.25) is 0 Å². The molecule has 8 nitrogen and oxygen atoms in total. The van der Waals surface area contributed by atoms with Gasteiger partial charge in [0.2, 0.25) is 0 Å². The summed E-state index contributed by atoms with van der Waals surface area (Å²) in [5.41, 5.74) is 0.159. The molecule has 2 aromatic rings. The highest BCUT2D eigenvalue weighted by Gasteiger charge is 2.48. The number of amidine groups is 1. The Balaban J connectivity index is 0.00000370. The van der Waals surface area contributed by atoms with Crippen molar-refractivity contribution in [1.29, 1.82) is 10.8 Å². The zero-order valence-electron chi connectivity index (χ0n) is 22.1. The molecular weight excluding hydrogens is 509 g/mol. The number of carbonyl (C=O) groups is 1. The fourth-order valence-electron chi connectivity index (χ4n) is 5.51. The maximum absolute atomic E-state index is 13.8. The van der Waals surface area contributed by atoms with Gasteiger partial charge < -0.3 is 15.0 Å². The molecule has 0 bridgehead atoms. The van der Waals surface area contributed by atoms with E-state index < -0.39 is 23.2 Å². The number of likely N-dealkylation sites (tertiary alicyclic amines) is 1. The van der Waals surface area contributed by atoms with Gasteiger partial charge in [0.25, 0.3) is 5.91 Å². The van der Waals surface area contributed by atoms with E-state index in [2.05, 4.69) is 15.2 Å². The normalized spacial score (nSPS) is 20.2. The van der Waals surface area contributed by atoms with Crippen molar-refractivity contribution in [2.24, 2.45) is 5.41 Å². The molecule has 2 aliphatic heterocycles. The zero-order chi connectivity index (χ0) is 28.0. The molecule has 210 valence electrons. The molecule has 3 N–H and O–H groups in total. The average Bonchev–Trinajstić information content (AvgIpc) is 3.52. The lowest BCUT2D eigenvalue weighted by molar-refractivity contribution is -0.141. The van der Waals surface area contributed by atoms with Gasteiger partial charge in [0.15, 0.2) is 0 Å². The van der Waals surface area contributed by atoms with E-state index in [9.17, 15) is 18.0 Å². The highest BCUT2D eigenvalue weighted by Crippen LogP contribution is 2.54. The molecule has 1 aliphatic carbocycles. The Morgan fingerprint density at radius 1 is 1.28 bits per heavy atom. The van der Waals surface area contributed by atoms with Gasteiger partial charge in [-0.25, -0.2) is 4.98 Å². The molecule has 1 aromatic carbocycles. The molecule has 3 fully saturated rings. The van der Waals surface area contributed by atoms with E-state index in [0.717, 1.165) is 37.5 Å². The summed E-state index contributed by atoms with van der Waals surface area (Å²) in [4.78, 5) is 20.5. The topological polar surface area (TPSA) is 105 Å². The van der Waals surface area contributed by atoms with Crippen LogP contribution >= 0.6 is 0 Å². The molecule has 5 rings (SSSR count). The Morgan fingerprint density at radius 2 is 2.03 bits per heavy atom. The van der Waals surface area contributed by atoms with Crippen molar-refractivity contribution in [1.82, 2.24) is 14.8 Å². The summed E-state index contributed by atoms with van der Waals surface area (Å²) in [5.74, 6) is -0.467. The maximum Gasteiger partial charge on any atom is 0.433 e. The van der Waals surface area contributed by atoms with Crippen molar-refractivity contribution < 1.29 is 24.1 Å². The van der Waals surface area contributed by atoms with Gasteiger partial charge in [0, 0.05) is 38.6 Å². The number of hydrogen-bond donors (Lipinski definition) is 3. The van der Waals surface area contributed by atoms with E-state index in [1.165, 1.54) is 23.8 Å². The van der Waals surface area contributed by atoms with Crippen LogP contribution in [0.15, 0.2) is 36.4 Å². The first-order valence-electron chi connectivity index (χ1n) is 13.1. The Morgan fingerprint density at radius 3 is 2.62 bits per heavy atom. The van der Waals surface area contributed by atoms with Gasteiger partial charge in [0.1, 0.15) is 17.2 Å². The zero-order valence-corrected chi connectivity index (χ0v) is 22.1. The Kier molecular flexibility index (Phi) is 7.00. The van der Waals surface area contributed by atoms with Crippen LogP contribution in [0.4, 0.5) is 18.9 Å². The molecule has 0 radical (unpaired) electrons. The molecule has 3 aliphatic rings. The van der Waals surface area contributed by atoms with E-state index in [1.807, 2.05) is 13.0 Å². The van der Waals surface area contributed by atoms with Crippen LogP contribution in [0, 0.1) is 16.2 Å². The first-order valence-corrected chi connectivity index (χ1v) is 13.1. The number of benzene rings is 1. The van der Waals surface area contributed by atoms with Crippen LogP contribution in [0.25, 0.3) is 0 Å². The van der Waals surface area contributed by atoms with Crippen molar-refractivity contribution >= 4 is 23.8 Å². The summed E-state index contributed by atoms with van der Waals surface area (Å²) < 4.78 is 46.8. The van der Waals surface area contributed by atoms with Gasteiger partial charge in [-0.05, 0) is 73.5 Å². The number of carbonyl (C=O) groups excluding carboxylic acids is 1. The number of alkyl halides is 3. The second-order valence-electron chi connectivity index (χ2n) is 11.2. The summed E-state index contributed by atoms with van der Waals surface area (Å²) in [6.07, 6.45) is 0.115. The van der Waals surface area contributed by atoms with Gasteiger partial charge in [-0.2, -0.15) is 13.2 Å².